The summed E-state index contributed by atoms with van der Waals surface area (Å²) in [6.45, 7) is 2.00. The SMILES string of the molecule is C/C=C\CCCCC(=O)OC. The number of rotatable bonds is 5. The van der Waals surface area contributed by atoms with Gasteiger partial charge >= 0.3 is 5.97 Å². The monoisotopic (exact) mass is 156 g/mol. The average molecular weight is 156 g/mol. The van der Waals surface area contributed by atoms with E-state index in [-0.39, 0.29) is 5.97 Å². The zero-order valence-electron chi connectivity index (χ0n) is 7.30. The van der Waals surface area contributed by atoms with Crippen LogP contribution in [0.3, 0.4) is 0 Å². The lowest BCUT2D eigenvalue weighted by molar-refractivity contribution is -0.140. The van der Waals surface area contributed by atoms with Gasteiger partial charge in [0.15, 0.2) is 0 Å². The molecular formula is C9H16O2. The van der Waals surface area contributed by atoms with Gasteiger partial charge in [-0.15, -0.1) is 0 Å². The predicted octanol–water partition coefficient (Wildman–Crippen LogP) is 2.30. The number of esters is 1. The minimum Gasteiger partial charge on any atom is -0.469 e. The molecule has 0 bridgehead atoms. The third kappa shape index (κ3) is 7.10. The van der Waals surface area contributed by atoms with E-state index in [2.05, 4.69) is 10.8 Å². The molecule has 0 fully saturated rings. The van der Waals surface area contributed by atoms with Gasteiger partial charge in [0.1, 0.15) is 0 Å². The maximum Gasteiger partial charge on any atom is 0.305 e. The van der Waals surface area contributed by atoms with E-state index in [1.54, 1.807) is 0 Å². The molecular weight excluding hydrogens is 140 g/mol. The molecule has 0 saturated carbocycles. The van der Waals surface area contributed by atoms with Gasteiger partial charge in [-0.1, -0.05) is 12.2 Å². The summed E-state index contributed by atoms with van der Waals surface area (Å²) in [6.07, 6.45) is 7.74. The van der Waals surface area contributed by atoms with Crippen molar-refractivity contribution in [1.82, 2.24) is 0 Å². The second-order valence-electron chi connectivity index (χ2n) is 2.39. The predicted molar refractivity (Wildman–Crippen MR) is 45.3 cm³/mol. The molecule has 0 atom stereocenters. The van der Waals surface area contributed by atoms with E-state index in [0.717, 1.165) is 19.3 Å². The molecule has 0 aliphatic carbocycles. The third-order valence-corrected chi connectivity index (χ3v) is 1.47. The Morgan fingerprint density at radius 2 is 2.18 bits per heavy atom. The van der Waals surface area contributed by atoms with E-state index in [1.165, 1.54) is 7.11 Å². The summed E-state index contributed by atoms with van der Waals surface area (Å²) in [5, 5.41) is 0. The topological polar surface area (TPSA) is 26.3 Å². The van der Waals surface area contributed by atoms with Crippen LogP contribution < -0.4 is 0 Å². The molecule has 0 aromatic rings. The van der Waals surface area contributed by atoms with E-state index in [1.807, 2.05) is 13.0 Å². The minimum atomic E-state index is -0.106. The van der Waals surface area contributed by atoms with Crippen LogP contribution in [-0.4, -0.2) is 13.1 Å². The molecule has 11 heavy (non-hydrogen) atoms. The molecule has 0 saturated heterocycles. The van der Waals surface area contributed by atoms with Crippen LogP contribution in [0.1, 0.15) is 32.6 Å². The molecule has 0 unspecified atom stereocenters. The average Bonchev–Trinajstić information content (AvgIpc) is 2.04. The fourth-order valence-electron chi connectivity index (χ4n) is 0.800. The molecule has 0 aromatic carbocycles. The highest BCUT2D eigenvalue weighted by Gasteiger charge is 1.97. The normalized spacial score (nSPS) is 10.4. The number of carbonyl (C=O) groups excluding carboxylic acids is 1. The molecule has 0 N–H and O–H groups in total. The summed E-state index contributed by atoms with van der Waals surface area (Å²) in [4.78, 5) is 10.6. The molecule has 0 amide bonds. The Bertz CT molecular complexity index is 128. The van der Waals surface area contributed by atoms with Gasteiger partial charge in [-0.05, 0) is 26.2 Å². The zero-order valence-corrected chi connectivity index (χ0v) is 7.30. The summed E-state index contributed by atoms with van der Waals surface area (Å²) in [6, 6.07) is 0. The van der Waals surface area contributed by atoms with Crippen molar-refractivity contribution < 1.29 is 9.53 Å². The number of allylic oxidation sites excluding steroid dienone is 2. The summed E-state index contributed by atoms with van der Waals surface area (Å²) in [5.74, 6) is -0.106. The van der Waals surface area contributed by atoms with Crippen LogP contribution in [0, 0.1) is 0 Å². The van der Waals surface area contributed by atoms with Crippen LogP contribution >= 0.6 is 0 Å². The van der Waals surface area contributed by atoms with E-state index in [9.17, 15) is 4.79 Å². The molecule has 0 aromatic heterocycles. The maximum atomic E-state index is 10.6. The Labute approximate surface area is 68.2 Å². The lowest BCUT2D eigenvalue weighted by atomic mass is 10.2. The molecule has 2 nitrogen and oxygen atoms in total. The summed E-state index contributed by atoms with van der Waals surface area (Å²) < 4.78 is 4.50. The van der Waals surface area contributed by atoms with Crippen molar-refractivity contribution in [2.75, 3.05) is 7.11 Å². The summed E-state index contributed by atoms with van der Waals surface area (Å²) in [5.41, 5.74) is 0. The van der Waals surface area contributed by atoms with Gasteiger partial charge in [0.2, 0.25) is 0 Å². The Hall–Kier alpha value is -0.790. The van der Waals surface area contributed by atoms with Gasteiger partial charge in [-0.2, -0.15) is 0 Å². The lowest BCUT2D eigenvalue weighted by Gasteiger charge is -1.96. The first-order valence-corrected chi connectivity index (χ1v) is 3.99. The van der Waals surface area contributed by atoms with Crippen molar-refractivity contribution in [1.29, 1.82) is 0 Å². The molecule has 0 aliphatic heterocycles. The lowest BCUT2D eigenvalue weighted by Crippen LogP contribution is -1.98. The fraction of sp³-hybridized carbons (Fsp3) is 0.667. The van der Waals surface area contributed by atoms with Crippen molar-refractivity contribution >= 4 is 5.97 Å². The van der Waals surface area contributed by atoms with Crippen molar-refractivity contribution in [3.63, 3.8) is 0 Å². The highest BCUT2D eigenvalue weighted by atomic mass is 16.5. The number of carbonyl (C=O) groups is 1. The molecule has 0 radical (unpaired) electrons. The Kier molecular flexibility index (Phi) is 6.79. The van der Waals surface area contributed by atoms with Crippen LogP contribution in [0.15, 0.2) is 12.2 Å². The second kappa shape index (κ2) is 7.32. The van der Waals surface area contributed by atoms with E-state index in [4.69, 9.17) is 0 Å². The molecule has 0 rings (SSSR count). The van der Waals surface area contributed by atoms with E-state index in [0.29, 0.717) is 6.42 Å². The molecule has 2 heteroatoms. The fourth-order valence-corrected chi connectivity index (χ4v) is 0.800. The highest BCUT2D eigenvalue weighted by molar-refractivity contribution is 5.68. The van der Waals surface area contributed by atoms with E-state index >= 15 is 0 Å². The number of hydrogen-bond acceptors (Lipinski definition) is 2. The maximum absolute atomic E-state index is 10.6. The van der Waals surface area contributed by atoms with Crippen LogP contribution in [0.2, 0.25) is 0 Å². The third-order valence-electron chi connectivity index (χ3n) is 1.47. The molecule has 0 spiro atoms. The summed E-state index contributed by atoms with van der Waals surface area (Å²) in [7, 11) is 1.42. The standard InChI is InChI=1S/C9H16O2/c1-3-4-5-6-7-8-9(10)11-2/h3-4H,5-8H2,1-2H3/b4-3-. The largest absolute Gasteiger partial charge is 0.469 e. The first-order valence-electron chi connectivity index (χ1n) is 3.99. The number of unbranched alkanes of at least 4 members (excludes halogenated alkanes) is 2. The quantitative estimate of drug-likeness (QED) is 0.347. The Balaban J connectivity index is 3.08. The van der Waals surface area contributed by atoms with Crippen molar-refractivity contribution in [3.05, 3.63) is 12.2 Å². The van der Waals surface area contributed by atoms with Gasteiger partial charge in [0.25, 0.3) is 0 Å². The zero-order chi connectivity index (χ0) is 8.53. The second-order valence-corrected chi connectivity index (χ2v) is 2.39. The first-order chi connectivity index (χ1) is 5.31. The minimum absolute atomic E-state index is 0.106. The molecule has 64 valence electrons. The van der Waals surface area contributed by atoms with Gasteiger partial charge in [0, 0.05) is 6.42 Å². The molecule has 0 aliphatic rings. The number of ether oxygens (including phenoxy) is 1. The smallest absolute Gasteiger partial charge is 0.305 e. The number of methoxy groups -OCH3 is 1. The van der Waals surface area contributed by atoms with Crippen LogP contribution in [0.25, 0.3) is 0 Å². The van der Waals surface area contributed by atoms with Crippen LogP contribution in [0.4, 0.5) is 0 Å². The summed E-state index contributed by atoms with van der Waals surface area (Å²) >= 11 is 0. The van der Waals surface area contributed by atoms with Crippen LogP contribution in [0.5, 0.6) is 0 Å². The Morgan fingerprint density at radius 1 is 1.45 bits per heavy atom. The Morgan fingerprint density at radius 3 is 2.73 bits per heavy atom. The van der Waals surface area contributed by atoms with Gasteiger partial charge in [-0.3, -0.25) is 4.79 Å². The first kappa shape index (κ1) is 10.2. The van der Waals surface area contributed by atoms with Crippen molar-refractivity contribution in [2.24, 2.45) is 0 Å². The van der Waals surface area contributed by atoms with E-state index < -0.39 is 0 Å². The number of hydrogen-bond donors (Lipinski definition) is 0. The van der Waals surface area contributed by atoms with Gasteiger partial charge in [0.05, 0.1) is 7.11 Å². The van der Waals surface area contributed by atoms with Gasteiger partial charge in [-0.25, -0.2) is 0 Å². The van der Waals surface area contributed by atoms with Crippen molar-refractivity contribution in [2.45, 2.75) is 32.6 Å². The van der Waals surface area contributed by atoms with Crippen LogP contribution in [-0.2, 0) is 9.53 Å². The van der Waals surface area contributed by atoms with Crippen molar-refractivity contribution in [3.8, 4) is 0 Å². The van der Waals surface area contributed by atoms with Gasteiger partial charge < -0.3 is 4.74 Å². The molecule has 0 heterocycles. The highest BCUT2D eigenvalue weighted by Crippen LogP contribution is 2.01.